The quantitative estimate of drug-likeness (QED) is 0.822. The molecule has 4 heteroatoms. The Bertz CT molecular complexity index is 672. The first kappa shape index (κ1) is 17.7. The van der Waals surface area contributed by atoms with E-state index < -0.39 is 0 Å². The predicted molar refractivity (Wildman–Crippen MR) is 101 cm³/mol. The van der Waals surface area contributed by atoms with E-state index in [2.05, 4.69) is 24.1 Å². The van der Waals surface area contributed by atoms with Crippen molar-refractivity contribution in [2.45, 2.75) is 39.2 Å². The van der Waals surface area contributed by atoms with Gasteiger partial charge in [0.25, 0.3) is 5.91 Å². The van der Waals surface area contributed by atoms with Gasteiger partial charge in [0.05, 0.1) is 6.26 Å². The Morgan fingerprint density at radius 3 is 2.56 bits per heavy atom. The SMILES string of the molecule is CC(C)C[C@@H](CNC(=O)c1occc1-c1ccccc1)N1CCCC1. The molecule has 1 aromatic heterocycles. The second-order valence-corrected chi connectivity index (χ2v) is 7.27. The number of carbonyl (C=O) groups excluding carboxylic acids is 1. The largest absolute Gasteiger partial charge is 0.459 e. The monoisotopic (exact) mass is 340 g/mol. The van der Waals surface area contributed by atoms with Gasteiger partial charge in [0.2, 0.25) is 0 Å². The maximum atomic E-state index is 12.7. The molecule has 0 aliphatic carbocycles. The summed E-state index contributed by atoms with van der Waals surface area (Å²) in [5.74, 6) is 0.888. The van der Waals surface area contributed by atoms with E-state index in [9.17, 15) is 4.79 Å². The van der Waals surface area contributed by atoms with E-state index in [0.29, 0.717) is 24.3 Å². The topological polar surface area (TPSA) is 45.5 Å². The van der Waals surface area contributed by atoms with Crippen molar-refractivity contribution in [1.82, 2.24) is 10.2 Å². The van der Waals surface area contributed by atoms with E-state index in [1.807, 2.05) is 36.4 Å². The molecule has 2 heterocycles. The van der Waals surface area contributed by atoms with Gasteiger partial charge in [-0.1, -0.05) is 44.2 Å². The normalized spacial score (nSPS) is 16.3. The fourth-order valence-corrected chi connectivity index (χ4v) is 3.63. The molecule has 0 unspecified atom stereocenters. The van der Waals surface area contributed by atoms with Crippen LogP contribution in [-0.4, -0.2) is 36.5 Å². The minimum Gasteiger partial charge on any atom is -0.459 e. The van der Waals surface area contributed by atoms with Crippen molar-refractivity contribution in [3.63, 3.8) is 0 Å². The Kier molecular flexibility index (Phi) is 5.92. The molecule has 1 aliphatic heterocycles. The highest BCUT2D eigenvalue weighted by Gasteiger charge is 2.24. The maximum Gasteiger partial charge on any atom is 0.287 e. The molecule has 0 bridgehead atoms. The molecule has 1 atom stereocenters. The Hall–Kier alpha value is -2.07. The lowest BCUT2D eigenvalue weighted by Crippen LogP contribution is -2.43. The number of nitrogens with zero attached hydrogens (tertiary/aromatic N) is 1. The highest BCUT2D eigenvalue weighted by atomic mass is 16.3. The number of amides is 1. The second kappa shape index (κ2) is 8.34. The van der Waals surface area contributed by atoms with Crippen LogP contribution >= 0.6 is 0 Å². The van der Waals surface area contributed by atoms with Crippen molar-refractivity contribution >= 4 is 5.91 Å². The molecule has 25 heavy (non-hydrogen) atoms. The summed E-state index contributed by atoms with van der Waals surface area (Å²) in [7, 11) is 0. The maximum absolute atomic E-state index is 12.7. The Morgan fingerprint density at radius 1 is 1.16 bits per heavy atom. The summed E-state index contributed by atoms with van der Waals surface area (Å²) in [6.45, 7) is 7.44. The number of hydrogen-bond acceptors (Lipinski definition) is 3. The zero-order valence-electron chi connectivity index (χ0n) is 15.2. The van der Waals surface area contributed by atoms with E-state index in [-0.39, 0.29) is 5.91 Å². The molecule has 2 aromatic rings. The van der Waals surface area contributed by atoms with E-state index in [1.165, 1.54) is 12.8 Å². The van der Waals surface area contributed by atoms with Crippen LogP contribution in [-0.2, 0) is 0 Å². The molecular weight excluding hydrogens is 312 g/mol. The van der Waals surface area contributed by atoms with Gasteiger partial charge in [-0.25, -0.2) is 0 Å². The molecule has 1 aromatic carbocycles. The molecule has 134 valence electrons. The minimum atomic E-state index is -0.128. The van der Waals surface area contributed by atoms with Gasteiger partial charge in [0, 0.05) is 18.2 Å². The van der Waals surface area contributed by atoms with E-state index in [4.69, 9.17) is 4.42 Å². The first-order valence-corrected chi connectivity index (χ1v) is 9.30. The lowest BCUT2D eigenvalue weighted by atomic mass is 10.0. The summed E-state index contributed by atoms with van der Waals surface area (Å²) < 4.78 is 5.49. The fraction of sp³-hybridized carbons (Fsp3) is 0.476. The summed E-state index contributed by atoms with van der Waals surface area (Å²) >= 11 is 0. The number of carbonyl (C=O) groups is 1. The van der Waals surface area contributed by atoms with Crippen LogP contribution in [0.3, 0.4) is 0 Å². The number of benzene rings is 1. The van der Waals surface area contributed by atoms with Gasteiger partial charge in [-0.3, -0.25) is 9.69 Å². The molecule has 0 radical (unpaired) electrons. The van der Waals surface area contributed by atoms with Crippen LogP contribution in [0.2, 0.25) is 0 Å². The summed E-state index contributed by atoms with van der Waals surface area (Å²) in [6.07, 6.45) is 5.21. The van der Waals surface area contributed by atoms with Gasteiger partial charge in [-0.2, -0.15) is 0 Å². The fourth-order valence-electron chi connectivity index (χ4n) is 3.63. The molecule has 4 nitrogen and oxygen atoms in total. The van der Waals surface area contributed by atoms with Crippen molar-refractivity contribution in [2.24, 2.45) is 5.92 Å². The van der Waals surface area contributed by atoms with Crippen molar-refractivity contribution in [3.8, 4) is 11.1 Å². The number of likely N-dealkylation sites (tertiary alicyclic amines) is 1. The van der Waals surface area contributed by atoms with Crippen LogP contribution in [0.25, 0.3) is 11.1 Å². The Morgan fingerprint density at radius 2 is 1.88 bits per heavy atom. The van der Waals surface area contributed by atoms with Crippen LogP contribution in [0.15, 0.2) is 47.1 Å². The van der Waals surface area contributed by atoms with Gasteiger partial charge in [0.15, 0.2) is 5.76 Å². The van der Waals surface area contributed by atoms with Crippen molar-refractivity contribution in [3.05, 3.63) is 48.4 Å². The van der Waals surface area contributed by atoms with E-state index >= 15 is 0 Å². The Balaban J connectivity index is 1.66. The molecular formula is C21H28N2O2. The van der Waals surface area contributed by atoms with Crippen LogP contribution in [0, 0.1) is 5.92 Å². The molecule has 1 amide bonds. The van der Waals surface area contributed by atoms with Gasteiger partial charge >= 0.3 is 0 Å². The lowest BCUT2D eigenvalue weighted by molar-refractivity contribution is 0.0906. The summed E-state index contributed by atoms with van der Waals surface area (Å²) in [5.41, 5.74) is 1.85. The number of nitrogens with one attached hydrogen (secondary N) is 1. The van der Waals surface area contributed by atoms with Crippen molar-refractivity contribution < 1.29 is 9.21 Å². The first-order valence-electron chi connectivity index (χ1n) is 9.30. The van der Waals surface area contributed by atoms with Crippen LogP contribution in [0.5, 0.6) is 0 Å². The zero-order chi connectivity index (χ0) is 17.6. The average Bonchev–Trinajstić information content (AvgIpc) is 3.30. The zero-order valence-corrected chi connectivity index (χ0v) is 15.2. The molecule has 0 spiro atoms. The molecule has 1 fully saturated rings. The highest BCUT2D eigenvalue weighted by molar-refractivity contribution is 5.98. The first-order chi connectivity index (χ1) is 12.1. The minimum absolute atomic E-state index is 0.128. The van der Waals surface area contributed by atoms with Gasteiger partial charge < -0.3 is 9.73 Å². The smallest absolute Gasteiger partial charge is 0.287 e. The van der Waals surface area contributed by atoms with Crippen LogP contribution in [0.4, 0.5) is 0 Å². The average molecular weight is 340 g/mol. The third-order valence-electron chi connectivity index (χ3n) is 4.86. The standard InChI is InChI=1S/C21H28N2O2/c1-16(2)14-18(23-11-6-7-12-23)15-22-21(24)20-19(10-13-25-20)17-8-4-3-5-9-17/h3-5,8-10,13,16,18H,6-7,11-12,14-15H2,1-2H3,(H,22,24)/t18-/m0/s1. The summed E-state index contributed by atoms with van der Waals surface area (Å²) in [6, 6.07) is 12.2. The van der Waals surface area contributed by atoms with Crippen molar-refractivity contribution in [1.29, 1.82) is 0 Å². The van der Waals surface area contributed by atoms with Gasteiger partial charge in [-0.05, 0) is 49.9 Å². The second-order valence-electron chi connectivity index (χ2n) is 7.27. The van der Waals surface area contributed by atoms with E-state index in [0.717, 1.165) is 30.6 Å². The molecule has 1 saturated heterocycles. The lowest BCUT2D eigenvalue weighted by Gasteiger charge is -2.29. The van der Waals surface area contributed by atoms with E-state index in [1.54, 1.807) is 6.26 Å². The van der Waals surface area contributed by atoms with Gasteiger partial charge in [-0.15, -0.1) is 0 Å². The molecule has 3 rings (SSSR count). The van der Waals surface area contributed by atoms with Crippen LogP contribution in [0.1, 0.15) is 43.7 Å². The number of rotatable bonds is 7. The highest BCUT2D eigenvalue weighted by Crippen LogP contribution is 2.25. The van der Waals surface area contributed by atoms with Gasteiger partial charge in [0.1, 0.15) is 0 Å². The third kappa shape index (κ3) is 4.51. The summed E-state index contributed by atoms with van der Waals surface area (Å²) in [5, 5.41) is 3.10. The molecule has 1 aliphatic rings. The molecule has 0 saturated carbocycles. The predicted octanol–water partition coefficient (Wildman–Crippen LogP) is 4.19. The van der Waals surface area contributed by atoms with Crippen LogP contribution < -0.4 is 5.32 Å². The molecule has 1 N–H and O–H groups in total. The van der Waals surface area contributed by atoms with Crippen molar-refractivity contribution in [2.75, 3.05) is 19.6 Å². The summed E-state index contributed by atoms with van der Waals surface area (Å²) in [4.78, 5) is 15.2. The number of furan rings is 1. The number of hydrogen-bond donors (Lipinski definition) is 1. The third-order valence-corrected chi connectivity index (χ3v) is 4.86. The Labute approximate surface area is 150 Å².